The van der Waals surface area contributed by atoms with Crippen molar-refractivity contribution in [2.75, 3.05) is 22.5 Å². The van der Waals surface area contributed by atoms with Crippen LogP contribution in [-0.4, -0.2) is 42.0 Å². The van der Waals surface area contributed by atoms with Gasteiger partial charge in [0.2, 0.25) is 27.9 Å². The van der Waals surface area contributed by atoms with Gasteiger partial charge in [-0.25, -0.2) is 13.6 Å². The highest BCUT2D eigenvalue weighted by atomic mass is 32.2. The first-order valence-electron chi connectivity index (χ1n) is 8.78. The number of nitrogens with one attached hydrogen (secondary N) is 3. The second-order valence-corrected chi connectivity index (χ2v) is 8.33. The molecule has 0 bridgehead atoms. The van der Waals surface area contributed by atoms with Crippen LogP contribution in [0.15, 0.2) is 29.2 Å². The fourth-order valence-electron chi connectivity index (χ4n) is 2.26. The van der Waals surface area contributed by atoms with Gasteiger partial charge in [0, 0.05) is 18.6 Å². The number of hydrogen-bond donors (Lipinski definition) is 4. The van der Waals surface area contributed by atoms with E-state index in [9.17, 15) is 8.42 Å². The molecule has 0 aliphatic carbocycles. The first kappa shape index (κ1) is 20.8. The highest BCUT2D eigenvalue weighted by Crippen LogP contribution is 2.12. The molecule has 9 nitrogen and oxygen atoms in total. The zero-order valence-corrected chi connectivity index (χ0v) is 16.8. The predicted molar refractivity (Wildman–Crippen MR) is 107 cm³/mol. The molecule has 2 aromatic rings. The molecule has 1 aromatic carbocycles. The molecule has 0 fully saturated rings. The third-order valence-corrected chi connectivity index (χ3v) is 4.35. The summed E-state index contributed by atoms with van der Waals surface area (Å²) in [5, 5.41) is 14.6. The minimum absolute atomic E-state index is 0.102. The molecule has 0 aliphatic rings. The summed E-state index contributed by atoms with van der Waals surface area (Å²) in [6.45, 7) is 8.63. The van der Waals surface area contributed by atoms with E-state index in [4.69, 9.17) is 5.14 Å². The lowest BCUT2D eigenvalue weighted by Gasteiger charge is -2.14. The molecule has 0 unspecified atom stereocenters. The number of hydrogen-bond acceptors (Lipinski definition) is 8. The van der Waals surface area contributed by atoms with Gasteiger partial charge in [0.05, 0.1) is 4.90 Å². The van der Waals surface area contributed by atoms with Crippen LogP contribution < -0.4 is 21.1 Å². The molecule has 0 aliphatic heterocycles. The van der Waals surface area contributed by atoms with Gasteiger partial charge in [0.15, 0.2) is 0 Å². The number of nitrogens with zero attached hydrogens (tertiary/aromatic N) is 3. The van der Waals surface area contributed by atoms with Crippen molar-refractivity contribution >= 4 is 27.9 Å². The van der Waals surface area contributed by atoms with Crippen molar-refractivity contribution in [3.05, 3.63) is 29.8 Å². The van der Waals surface area contributed by atoms with Gasteiger partial charge in [-0.2, -0.15) is 15.0 Å². The van der Waals surface area contributed by atoms with Crippen molar-refractivity contribution in [1.82, 2.24) is 15.0 Å². The van der Waals surface area contributed by atoms with Crippen molar-refractivity contribution in [3.8, 4) is 0 Å². The van der Waals surface area contributed by atoms with E-state index in [0.29, 0.717) is 30.8 Å². The largest absolute Gasteiger partial charge is 0.354 e. The summed E-state index contributed by atoms with van der Waals surface area (Å²) < 4.78 is 22.6. The third kappa shape index (κ3) is 6.99. The predicted octanol–water partition coefficient (Wildman–Crippen LogP) is 1.81. The summed E-state index contributed by atoms with van der Waals surface area (Å²) in [5.74, 6) is 1.48. The van der Waals surface area contributed by atoms with E-state index >= 15 is 0 Å². The lowest BCUT2D eigenvalue weighted by molar-refractivity contribution is 0.598. The molecular weight excluding hydrogens is 366 g/mol. The summed E-state index contributed by atoms with van der Waals surface area (Å²) >= 11 is 0. The Bertz CT molecular complexity index is 824. The Morgan fingerprint density at radius 1 is 0.889 bits per heavy atom. The van der Waals surface area contributed by atoms with Gasteiger partial charge in [-0.05, 0) is 51.8 Å². The number of sulfonamides is 1. The molecule has 1 heterocycles. The van der Waals surface area contributed by atoms with Gasteiger partial charge >= 0.3 is 0 Å². The summed E-state index contributed by atoms with van der Waals surface area (Å²) in [6, 6.07) is 6.89. The topological polar surface area (TPSA) is 135 Å². The monoisotopic (exact) mass is 393 g/mol. The average Bonchev–Trinajstić information content (AvgIpc) is 2.53. The zero-order valence-electron chi connectivity index (χ0n) is 16.0. The molecule has 5 N–H and O–H groups in total. The van der Waals surface area contributed by atoms with Gasteiger partial charge < -0.3 is 16.0 Å². The Morgan fingerprint density at radius 3 is 1.81 bits per heavy atom. The molecule has 0 atom stereocenters. The van der Waals surface area contributed by atoms with Gasteiger partial charge in [0.1, 0.15) is 0 Å². The van der Waals surface area contributed by atoms with Crippen LogP contribution in [0, 0.1) is 0 Å². The Balaban J connectivity index is 2.03. The van der Waals surface area contributed by atoms with E-state index in [2.05, 4.69) is 30.9 Å². The van der Waals surface area contributed by atoms with Gasteiger partial charge in [-0.15, -0.1) is 0 Å². The molecule has 148 valence electrons. The number of benzene rings is 1. The molecule has 2 rings (SSSR count). The smallest absolute Gasteiger partial charge is 0.238 e. The van der Waals surface area contributed by atoms with Crippen LogP contribution >= 0.6 is 0 Å². The van der Waals surface area contributed by atoms with Crippen LogP contribution in [0.2, 0.25) is 0 Å². The Kier molecular flexibility index (Phi) is 6.92. The number of primary sulfonamides is 1. The van der Waals surface area contributed by atoms with Gasteiger partial charge in [-0.3, -0.25) is 0 Å². The maximum Gasteiger partial charge on any atom is 0.238 e. The molecule has 0 saturated heterocycles. The highest BCUT2D eigenvalue weighted by Gasteiger charge is 2.09. The first-order valence-corrected chi connectivity index (χ1v) is 10.3. The second kappa shape index (κ2) is 8.96. The van der Waals surface area contributed by atoms with Crippen LogP contribution in [0.3, 0.4) is 0 Å². The maximum absolute atomic E-state index is 11.3. The van der Waals surface area contributed by atoms with Crippen molar-refractivity contribution in [3.63, 3.8) is 0 Å². The lowest BCUT2D eigenvalue weighted by atomic mass is 10.1. The fraction of sp³-hybridized carbons (Fsp3) is 0.471. The van der Waals surface area contributed by atoms with Gasteiger partial charge in [-0.1, -0.05) is 12.1 Å². The molecule has 0 radical (unpaired) electrons. The molecule has 10 heteroatoms. The van der Waals surface area contributed by atoms with E-state index in [1.165, 1.54) is 12.1 Å². The van der Waals surface area contributed by atoms with Crippen molar-refractivity contribution < 1.29 is 8.42 Å². The maximum atomic E-state index is 11.3. The summed E-state index contributed by atoms with van der Waals surface area (Å²) in [7, 11) is -3.67. The van der Waals surface area contributed by atoms with Crippen LogP contribution in [0.4, 0.5) is 17.8 Å². The lowest BCUT2D eigenvalue weighted by Crippen LogP contribution is -2.19. The summed E-state index contributed by atoms with van der Waals surface area (Å²) in [4.78, 5) is 13.2. The fourth-order valence-corrected chi connectivity index (χ4v) is 2.78. The van der Waals surface area contributed by atoms with Gasteiger partial charge in [0.25, 0.3) is 0 Å². The van der Waals surface area contributed by atoms with Crippen molar-refractivity contribution in [2.24, 2.45) is 5.14 Å². The number of aromatic nitrogens is 3. The average molecular weight is 394 g/mol. The van der Waals surface area contributed by atoms with E-state index in [0.717, 1.165) is 5.56 Å². The van der Waals surface area contributed by atoms with Crippen LogP contribution in [0.25, 0.3) is 0 Å². The van der Waals surface area contributed by atoms with Crippen molar-refractivity contribution in [2.45, 2.75) is 51.1 Å². The molecule has 0 amide bonds. The van der Waals surface area contributed by atoms with Crippen molar-refractivity contribution in [1.29, 1.82) is 0 Å². The Labute approximate surface area is 160 Å². The minimum atomic E-state index is -3.67. The van der Waals surface area contributed by atoms with Crippen LogP contribution in [0.5, 0.6) is 0 Å². The molecule has 27 heavy (non-hydrogen) atoms. The van der Waals surface area contributed by atoms with E-state index in [1.807, 2.05) is 27.7 Å². The quantitative estimate of drug-likeness (QED) is 0.507. The number of anilines is 3. The SMILES string of the molecule is CC(C)Nc1nc(NCCc2ccc(S(N)(=O)=O)cc2)nc(NC(C)C)n1. The highest BCUT2D eigenvalue weighted by molar-refractivity contribution is 7.89. The molecule has 0 spiro atoms. The normalized spacial score (nSPS) is 11.7. The first-order chi connectivity index (χ1) is 12.6. The summed E-state index contributed by atoms with van der Waals surface area (Å²) in [6.07, 6.45) is 0.677. The Morgan fingerprint density at radius 2 is 1.37 bits per heavy atom. The van der Waals surface area contributed by atoms with Crippen LogP contribution in [0.1, 0.15) is 33.3 Å². The summed E-state index contributed by atoms with van der Waals surface area (Å²) in [5.41, 5.74) is 0.977. The Hall–Kier alpha value is -2.46. The van der Waals surface area contributed by atoms with Crippen LogP contribution in [-0.2, 0) is 16.4 Å². The van der Waals surface area contributed by atoms with E-state index in [1.54, 1.807) is 12.1 Å². The standard InChI is InChI=1S/C17H27N7O2S/c1-11(2)20-16-22-15(23-17(24-16)21-12(3)4)19-10-9-13-5-7-14(8-6-13)27(18,25)26/h5-8,11-12H,9-10H2,1-4H3,(H2,18,25,26)(H3,19,20,21,22,23,24). The molecule has 0 saturated carbocycles. The van der Waals surface area contributed by atoms with E-state index < -0.39 is 10.0 Å². The second-order valence-electron chi connectivity index (χ2n) is 6.77. The molecular formula is C17H27N7O2S. The molecule has 1 aromatic heterocycles. The van der Waals surface area contributed by atoms with E-state index in [-0.39, 0.29) is 17.0 Å². The number of nitrogens with two attached hydrogens (primary N) is 1. The zero-order chi connectivity index (χ0) is 20.0. The minimum Gasteiger partial charge on any atom is -0.354 e. The third-order valence-electron chi connectivity index (χ3n) is 3.42. The number of rotatable bonds is 9.